The van der Waals surface area contributed by atoms with E-state index in [-0.39, 0.29) is 17.5 Å². The van der Waals surface area contributed by atoms with Crippen molar-refractivity contribution in [3.8, 4) is 0 Å². The minimum Gasteiger partial charge on any atom is -0.461 e. The molecule has 0 saturated heterocycles. The van der Waals surface area contributed by atoms with E-state index >= 15 is 0 Å². The number of ketones is 1. The molecule has 1 atom stereocenters. The molecule has 2 aromatic rings. The Morgan fingerprint density at radius 3 is 2.32 bits per heavy atom. The number of carbonyl (C=O) groups is 2. The summed E-state index contributed by atoms with van der Waals surface area (Å²) < 4.78 is 5.34. The second kappa shape index (κ2) is 7.51. The first-order chi connectivity index (χ1) is 11.8. The van der Waals surface area contributed by atoms with Crippen LogP contribution < -0.4 is 5.32 Å². The standard InChI is InChI=1S/C21H25NO3/c1-5-6-14-21(16-11-8-7-9-12-16,22-19(24)20(2,3)4)18(23)17-13-10-15-25-17/h5,7-13,15H,1,6,14H2,2-4H3,(H,22,24)/t21-/m0/s1. The van der Waals surface area contributed by atoms with Crippen LogP contribution in [0.1, 0.15) is 49.7 Å². The molecule has 1 N–H and O–H groups in total. The summed E-state index contributed by atoms with van der Waals surface area (Å²) in [7, 11) is 0. The Bertz CT molecular complexity index is 726. The average molecular weight is 339 g/mol. The molecule has 132 valence electrons. The maximum absolute atomic E-state index is 13.4. The lowest BCUT2D eigenvalue weighted by Gasteiger charge is -2.35. The van der Waals surface area contributed by atoms with E-state index in [0.717, 1.165) is 5.56 Å². The molecule has 25 heavy (non-hydrogen) atoms. The molecule has 4 heteroatoms. The van der Waals surface area contributed by atoms with Gasteiger partial charge in [0.15, 0.2) is 5.76 Å². The number of hydrogen-bond acceptors (Lipinski definition) is 3. The molecule has 4 nitrogen and oxygen atoms in total. The fourth-order valence-electron chi connectivity index (χ4n) is 2.62. The van der Waals surface area contributed by atoms with Gasteiger partial charge in [0.1, 0.15) is 5.54 Å². The Kier molecular flexibility index (Phi) is 5.62. The first-order valence-corrected chi connectivity index (χ1v) is 8.38. The predicted molar refractivity (Wildman–Crippen MR) is 98.2 cm³/mol. The maximum Gasteiger partial charge on any atom is 0.227 e. The fraction of sp³-hybridized carbons (Fsp3) is 0.333. The third kappa shape index (κ3) is 4.08. The fourth-order valence-corrected chi connectivity index (χ4v) is 2.62. The zero-order valence-electron chi connectivity index (χ0n) is 15.0. The first-order valence-electron chi connectivity index (χ1n) is 8.38. The molecular weight excluding hydrogens is 314 g/mol. The van der Waals surface area contributed by atoms with Crippen LogP contribution in [-0.2, 0) is 10.3 Å². The maximum atomic E-state index is 13.4. The second-order valence-electron chi connectivity index (χ2n) is 7.11. The minimum atomic E-state index is -1.20. The Labute approximate surface area is 148 Å². The van der Waals surface area contributed by atoms with Crippen molar-refractivity contribution >= 4 is 11.7 Å². The van der Waals surface area contributed by atoms with Crippen molar-refractivity contribution in [3.63, 3.8) is 0 Å². The molecule has 2 rings (SSSR count). The minimum absolute atomic E-state index is 0.194. The van der Waals surface area contributed by atoms with Gasteiger partial charge in [-0.05, 0) is 30.5 Å². The highest BCUT2D eigenvalue weighted by Crippen LogP contribution is 2.33. The van der Waals surface area contributed by atoms with E-state index in [1.54, 1.807) is 18.2 Å². The summed E-state index contributed by atoms with van der Waals surface area (Å²) in [5.74, 6) is -0.231. The number of furan rings is 1. The summed E-state index contributed by atoms with van der Waals surface area (Å²) in [5, 5.41) is 3.01. The lowest BCUT2D eigenvalue weighted by Crippen LogP contribution is -2.54. The van der Waals surface area contributed by atoms with Gasteiger partial charge in [-0.1, -0.05) is 57.2 Å². The van der Waals surface area contributed by atoms with Gasteiger partial charge in [0.05, 0.1) is 6.26 Å². The zero-order chi connectivity index (χ0) is 18.5. The molecule has 1 aromatic carbocycles. The van der Waals surface area contributed by atoms with Crippen LogP contribution in [0.5, 0.6) is 0 Å². The van der Waals surface area contributed by atoms with E-state index in [9.17, 15) is 9.59 Å². The third-order valence-electron chi connectivity index (χ3n) is 4.13. The highest BCUT2D eigenvalue weighted by Gasteiger charge is 2.44. The molecular formula is C21H25NO3. The van der Waals surface area contributed by atoms with Crippen LogP contribution in [0, 0.1) is 5.41 Å². The van der Waals surface area contributed by atoms with Gasteiger partial charge in [-0.3, -0.25) is 9.59 Å². The number of Topliss-reactive ketones (excluding diaryl/α,β-unsaturated/α-hetero) is 1. The normalized spacial score (nSPS) is 13.7. The molecule has 1 amide bonds. The number of amides is 1. The van der Waals surface area contributed by atoms with Crippen molar-refractivity contribution in [2.24, 2.45) is 5.41 Å². The van der Waals surface area contributed by atoms with Crippen molar-refractivity contribution in [2.45, 2.75) is 39.2 Å². The van der Waals surface area contributed by atoms with Crippen molar-refractivity contribution in [1.82, 2.24) is 5.32 Å². The summed E-state index contributed by atoms with van der Waals surface area (Å²) in [5.41, 5.74) is -1.09. The largest absolute Gasteiger partial charge is 0.461 e. The second-order valence-corrected chi connectivity index (χ2v) is 7.11. The van der Waals surface area contributed by atoms with E-state index in [2.05, 4.69) is 11.9 Å². The monoisotopic (exact) mass is 339 g/mol. The van der Waals surface area contributed by atoms with Gasteiger partial charge < -0.3 is 9.73 Å². The highest BCUT2D eigenvalue weighted by molar-refractivity contribution is 6.04. The smallest absolute Gasteiger partial charge is 0.227 e. The Hall–Kier alpha value is -2.62. The zero-order valence-corrected chi connectivity index (χ0v) is 15.0. The van der Waals surface area contributed by atoms with Crippen LogP contribution in [0.3, 0.4) is 0 Å². The molecule has 0 aliphatic rings. The number of benzene rings is 1. The van der Waals surface area contributed by atoms with Gasteiger partial charge in [-0.2, -0.15) is 0 Å². The van der Waals surface area contributed by atoms with Crippen molar-refractivity contribution in [3.05, 3.63) is 72.7 Å². The van der Waals surface area contributed by atoms with Gasteiger partial charge >= 0.3 is 0 Å². The Balaban J connectivity index is 2.58. The SMILES string of the molecule is C=CCC[C@@](NC(=O)C(C)(C)C)(C(=O)c1ccco1)c1ccccc1. The quantitative estimate of drug-likeness (QED) is 0.597. The molecule has 0 aliphatic carbocycles. The predicted octanol–water partition coefficient (Wildman–Crippen LogP) is 4.49. The van der Waals surface area contributed by atoms with Crippen molar-refractivity contribution in [2.75, 3.05) is 0 Å². The summed E-state index contributed by atoms with van der Waals surface area (Å²) in [6.45, 7) is 9.23. The molecule has 0 bridgehead atoms. The molecule has 1 heterocycles. The summed E-state index contributed by atoms with van der Waals surface area (Å²) in [6.07, 6.45) is 4.19. The van der Waals surface area contributed by atoms with Crippen LogP contribution in [0.4, 0.5) is 0 Å². The Morgan fingerprint density at radius 1 is 1.12 bits per heavy atom. The summed E-state index contributed by atoms with van der Waals surface area (Å²) >= 11 is 0. The number of nitrogens with one attached hydrogen (secondary N) is 1. The van der Waals surface area contributed by atoms with E-state index in [1.165, 1.54) is 6.26 Å². The van der Waals surface area contributed by atoms with Gasteiger partial charge in [0, 0.05) is 5.41 Å². The van der Waals surface area contributed by atoms with Crippen LogP contribution in [0.2, 0.25) is 0 Å². The molecule has 0 unspecified atom stereocenters. The molecule has 1 aromatic heterocycles. The van der Waals surface area contributed by atoms with Crippen molar-refractivity contribution in [1.29, 1.82) is 0 Å². The number of hydrogen-bond donors (Lipinski definition) is 1. The third-order valence-corrected chi connectivity index (χ3v) is 4.13. The molecule has 0 fully saturated rings. The molecule has 0 saturated carbocycles. The number of allylic oxidation sites excluding steroid dienone is 1. The van der Waals surface area contributed by atoms with Crippen LogP contribution in [0.25, 0.3) is 0 Å². The lowest BCUT2D eigenvalue weighted by molar-refractivity contribution is -0.130. The number of carbonyl (C=O) groups excluding carboxylic acids is 2. The van der Waals surface area contributed by atoms with Gasteiger partial charge in [-0.15, -0.1) is 6.58 Å². The molecule has 0 spiro atoms. The van der Waals surface area contributed by atoms with Gasteiger partial charge in [0.25, 0.3) is 0 Å². The topological polar surface area (TPSA) is 59.3 Å². The van der Waals surface area contributed by atoms with Crippen molar-refractivity contribution < 1.29 is 14.0 Å². The summed E-state index contributed by atoms with van der Waals surface area (Å²) in [4.78, 5) is 26.1. The molecule has 0 radical (unpaired) electrons. The van der Waals surface area contributed by atoms with Crippen LogP contribution >= 0.6 is 0 Å². The summed E-state index contributed by atoms with van der Waals surface area (Å²) in [6, 6.07) is 12.6. The Morgan fingerprint density at radius 2 is 1.80 bits per heavy atom. The van der Waals surface area contributed by atoms with E-state index in [0.29, 0.717) is 12.8 Å². The number of rotatable bonds is 7. The lowest BCUT2D eigenvalue weighted by atomic mass is 9.79. The van der Waals surface area contributed by atoms with E-state index < -0.39 is 11.0 Å². The highest BCUT2D eigenvalue weighted by atomic mass is 16.3. The molecule has 0 aliphatic heterocycles. The van der Waals surface area contributed by atoms with E-state index in [1.807, 2.05) is 51.1 Å². The van der Waals surface area contributed by atoms with Crippen LogP contribution in [0.15, 0.2) is 65.8 Å². The van der Waals surface area contributed by atoms with E-state index in [4.69, 9.17) is 4.42 Å². The van der Waals surface area contributed by atoms with Gasteiger partial charge in [0.2, 0.25) is 11.7 Å². The van der Waals surface area contributed by atoms with Crippen LogP contribution in [-0.4, -0.2) is 11.7 Å². The average Bonchev–Trinajstić information content (AvgIpc) is 3.12. The first kappa shape index (κ1) is 18.7. The van der Waals surface area contributed by atoms with Gasteiger partial charge in [-0.25, -0.2) is 0 Å².